The molecule has 0 rings (SSSR count). The first-order chi connectivity index (χ1) is 49.3. The second-order valence-electron chi connectivity index (χ2n) is 30.8. The minimum absolute atomic E-state index is 0.106. The van der Waals surface area contributed by atoms with E-state index < -0.39 is 97.5 Å². The van der Waals surface area contributed by atoms with Crippen LogP contribution in [0.1, 0.15) is 434 Å². The number of esters is 4. The van der Waals surface area contributed by atoms with Gasteiger partial charge in [0.2, 0.25) is 0 Å². The van der Waals surface area contributed by atoms with Crippen molar-refractivity contribution in [2.24, 2.45) is 17.8 Å². The molecule has 0 saturated heterocycles. The maximum Gasteiger partial charge on any atom is 0.472 e. The zero-order chi connectivity index (χ0) is 75.1. The smallest absolute Gasteiger partial charge is 0.462 e. The van der Waals surface area contributed by atoms with Gasteiger partial charge < -0.3 is 33.8 Å². The molecule has 0 aromatic rings. The second kappa shape index (κ2) is 73.2. The summed E-state index contributed by atoms with van der Waals surface area (Å²) in [6.45, 7) is 12.0. The zero-order valence-corrected chi connectivity index (χ0v) is 68.9. The van der Waals surface area contributed by atoms with Crippen molar-refractivity contribution in [2.45, 2.75) is 452 Å². The highest BCUT2D eigenvalue weighted by atomic mass is 31.2. The van der Waals surface area contributed by atoms with Crippen molar-refractivity contribution in [3.63, 3.8) is 0 Å². The van der Waals surface area contributed by atoms with E-state index in [4.69, 9.17) is 37.0 Å². The highest BCUT2D eigenvalue weighted by molar-refractivity contribution is 7.47. The molecule has 0 heterocycles. The number of ether oxygens (including phenoxy) is 4. The molecule has 0 bridgehead atoms. The molecule has 0 fully saturated rings. The molecule has 102 heavy (non-hydrogen) atoms. The molecule has 0 aromatic carbocycles. The number of carbonyl (C=O) groups excluding carboxylic acids is 4. The van der Waals surface area contributed by atoms with Crippen LogP contribution in [0, 0.1) is 17.8 Å². The number of carbonyl (C=O) groups is 4. The van der Waals surface area contributed by atoms with Gasteiger partial charge in [-0.05, 0) is 43.4 Å². The van der Waals surface area contributed by atoms with E-state index in [9.17, 15) is 43.2 Å². The predicted molar refractivity (Wildman–Crippen MR) is 418 cm³/mol. The number of rotatable bonds is 81. The molecule has 19 heteroatoms. The Morgan fingerprint density at radius 1 is 0.284 bits per heavy atom. The van der Waals surface area contributed by atoms with Gasteiger partial charge in [0, 0.05) is 25.7 Å². The SMILES string of the molecule is CCCCCCCCCCCCCCCC(=O)OC[C@H](COP(=O)(O)OC[C@H](O)COP(=O)(O)OC[C@@H](COC(=O)CCCCCCCCCCCCC(C)CC)OC(=O)CCCCCCCCCCCCCCCCCCCCC(C)CC)OC(=O)CCCCCCCCCCCCC(C)C. The van der Waals surface area contributed by atoms with Crippen molar-refractivity contribution in [1.29, 1.82) is 0 Å². The summed E-state index contributed by atoms with van der Waals surface area (Å²) in [4.78, 5) is 73.1. The Balaban J connectivity index is 5.23. The van der Waals surface area contributed by atoms with Crippen molar-refractivity contribution in [3.8, 4) is 0 Å². The van der Waals surface area contributed by atoms with Gasteiger partial charge in [-0.25, -0.2) is 9.13 Å². The number of phosphoric acid groups is 2. The minimum Gasteiger partial charge on any atom is -0.462 e. The molecule has 0 aromatic heterocycles. The first kappa shape index (κ1) is 100. The third-order valence-corrected chi connectivity index (χ3v) is 22.0. The zero-order valence-electron chi connectivity index (χ0n) is 67.1. The highest BCUT2D eigenvalue weighted by Gasteiger charge is 2.30. The van der Waals surface area contributed by atoms with Gasteiger partial charge in [0.05, 0.1) is 26.4 Å². The van der Waals surface area contributed by atoms with Gasteiger partial charge in [-0.3, -0.25) is 37.3 Å². The van der Waals surface area contributed by atoms with Gasteiger partial charge in [-0.15, -0.1) is 0 Å². The molecule has 606 valence electrons. The average Bonchev–Trinajstić information content (AvgIpc) is 0.915. The monoisotopic (exact) mass is 1490 g/mol. The maximum atomic E-state index is 13.1. The highest BCUT2D eigenvalue weighted by Crippen LogP contribution is 2.45. The molecule has 0 saturated carbocycles. The molecule has 0 radical (unpaired) electrons. The number of unbranched alkanes of at least 4 members (excludes halogenated alkanes) is 47. The van der Waals surface area contributed by atoms with Gasteiger partial charge in [0.1, 0.15) is 19.3 Å². The molecule has 0 aliphatic carbocycles. The number of hydrogen-bond acceptors (Lipinski definition) is 15. The van der Waals surface area contributed by atoms with Crippen LogP contribution in [-0.4, -0.2) is 96.7 Å². The van der Waals surface area contributed by atoms with Crippen molar-refractivity contribution in [1.82, 2.24) is 0 Å². The van der Waals surface area contributed by atoms with E-state index in [0.29, 0.717) is 25.7 Å². The van der Waals surface area contributed by atoms with Gasteiger partial charge >= 0.3 is 39.5 Å². The fourth-order valence-corrected chi connectivity index (χ4v) is 14.4. The molecular formula is C83H162O17P2. The Morgan fingerprint density at radius 3 is 0.745 bits per heavy atom. The van der Waals surface area contributed by atoms with Crippen LogP contribution in [0.15, 0.2) is 0 Å². The quantitative estimate of drug-likeness (QED) is 0.0222. The summed E-state index contributed by atoms with van der Waals surface area (Å²) in [6.07, 6.45) is 62.3. The van der Waals surface area contributed by atoms with Crippen molar-refractivity contribution in [2.75, 3.05) is 39.6 Å². The van der Waals surface area contributed by atoms with Gasteiger partial charge in [0.25, 0.3) is 0 Å². The topological polar surface area (TPSA) is 237 Å². The molecule has 0 aliphatic heterocycles. The standard InChI is InChI=1S/C83H162O17P2/c1-8-11-12-13-14-15-16-23-27-36-43-50-57-64-80(85)93-70-79(100-83(88)67-60-53-46-39-31-29-33-40-47-54-61-74(4)5)73-98-102(91,92)96-69-77(84)68-95-101(89,90)97-72-78(71-94-81(86)65-58-51-44-37-32-30-35-42-49-56-63-76(7)10-3)99-82(87)66-59-52-45-38-28-25-22-20-18-17-19-21-24-26-34-41-48-55-62-75(6)9-2/h74-79,84H,8-73H2,1-7H3,(H,89,90)(H,91,92)/t75?,76?,77-,78-,79-/m1/s1. The van der Waals surface area contributed by atoms with Crippen LogP contribution in [0.25, 0.3) is 0 Å². The van der Waals surface area contributed by atoms with E-state index in [1.54, 1.807) is 0 Å². The molecular weight excluding hydrogens is 1330 g/mol. The van der Waals surface area contributed by atoms with Gasteiger partial charge in [-0.1, -0.05) is 382 Å². The Hall–Kier alpha value is -1.94. The van der Waals surface area contributed by atoms with E-state index in [1.807, 2.05) is 0 Å². The average molecular weight is 1490 g/mol. The first-order valence-corrected chi connectivity index (χ1v) is 45.9. The minimum atomic E-state index is -4.96. The summed E-state index contributed by atoms with van der Waals surface area (Å²) < 4.78 is 68.8. The largest absolute Gasteiger partial charge is 0.472 e. The molecule has 17 nitrogen and oxygen atoms in total. The van der Waals surface area contributed by atoms with E-state index in [-0.39, 0.29) is 25.7 Å². The lowest BCUT2D eigenvalue weighted by Gasteiger charge is -2.21. The lowest BCUT2D eigenvalue weighted by molar-refractivity contribution is -0.161. The summed E-state index contributed by atoms with van der Waals surface area (Å²) >= 11 is 0. The Morgan fingerprint density at radius 2 is 0.500 bits per heavy atom. The van der Waals surface area contributed by atoms with Crippen LogP contribution in [0.3, 0.4) is 0 Å². The van der Waals surface area contributed by atoms with Crippen molar-refractivity contribution >= 4 is 39.5 Å². The molecule has 0 amide bonds. The maximum absolute atomic E-state index is 13.1. The lowest BCUT2D eigenvalue weighted by atomic mass is 9.99. The fourth-order valence-electron chi connectivity index (χ4n) is 12.8. The van der Waals surface area contributed by atoms with Crippen molar-refractivity contribution in [3.05, 3.63) is 0 Å². The molecule has 3 N–H and O–H groups in total. The fraction of sp³-hybridized carbons (Fsp3) is 0.952. The number of phosphoric ester groups is 2. The molecule has 0 spiro atoms. The first-order valence-electron chi connectivity index (χ1n) is 42.9. The summed E-state index contributed by atoms with van der Waals surface area (Å²) in [7, 11) is -9.92. The van der Waals surface area contributed by atoms with Gasteiger partial charge in [-0.2, -0.15) is 0 Å². The van der Waals surface area contributed by atoms with E-state index in [2.05, 4.69) is 48.5 Å². The normalized spacial score (nSPS) is 14.5. The molecule has 0 aliphatic rings. The lowest BCUT2D eigenvalue weighted by Crippen LogP contribution is -2.30. The number of aliphatic hydroxyl groups is 1. The van der Waals surface area contributed by atoms with Crippen LogP contribution >= 0.6 is 15.6 Å². The third-order valence-electron chi connectivity index (χ3n) is 20.1. The van der Waals surface area contributed by atoms with Crippen LogP contribution in [-0.2, 0) is 65.4 Å². The molecule has 4 unspecified atom stereocenters. The van der Waals surface area contributed by atoms with Crippen LogP contribution in [0.4, 0.5) is 0 Å². The second-order valence-corrected chi connectivity index (χ2v) is 33.7. The Bertz CT molecular complexity index is 1980. The summed E-state index contributed by atoms with van der Waals surface area (Å²) in [5.41, 5.74) is 0. The van der Waals surface area contributed by atoms with Crippen LogP contribution < -0.4 is 0 Å². The van der Waals surface area contributed by atoms with E-state index >= 15 is 0 Å². The van der Waals surface area contributed by atoms with E-state index in [1.165, 1.54) is 244 Å². The summed E-state index contributed by atoms with van der Waals surface area (Å²) in [5.74, 6) is 0.325. The molecule has 7 atom stereocenters. The summed E-state index contributed by atoms with van der Waals surface area (Å²) in [6, 6.07) is 0. The number of hydrogen-bond donors (Lipinski definition) is 3. The van der Waals surface area contributed by atoms with Crippen LogP contribution in [0.2, 0.25) is 0 Å². The van der Waals surface area contributed by atoms with Crippen molar-refractivity contribution < 1.29 is 80.2 Å². The Kier molecular flexibility index (Phi) is 71.8. The van der Waals surface area contributed by atoms with E-state index in [0.717, 1.165) is 108 Å². The predicted octanol–water partition coefficient (Wildman–Crippen LogP) is 24.9. The van der Waals surface area contributed by atoms with Crippen LogP contribution in [0.5, 0.6) is 0 Å². The Labute approximate surface area is 626 Å². The number of aliphatic hydroxyl groups excluding tert-OH is 1. The third kappa shape index (κ3) is 73.6. The summed E-state index contributed by atoms with van der Waals surface area (Å²) in [5, 5.41) is 10.7. The van der Waals surface area contributed by atoms with Gasteiger partial charge in [0.15, 0.2) is 12.2 Å².